The molecule has 10 atom stereocenters. The summed E-state index contributed by atoms with van der Waals surface area (Å²) in [6, 6.07) is 6.85. The van der Waals surface area contributed by atoms with Crippen LogP contribution in [-0.2, 0) is 28.7 Å². The zero-order valence-corrected chi connectivity index (χ0v) is 37.7. The van der Waals surface area contributed by atoms with Crippen LogP contribution in [0.25, 0.3) is 0 Å². The zero-order valence-electron chi connectivity index (χ0n) is 37.7. The smallest absolute Gasteiger partial charge is 0.245 e. The Morgan fingerprint density at radius 1 is 0.875 bits per heavy atom. The van der Waals surface area contributed by atoms with Gasteiger partial charge in [-0.05, 0) is 64.0 Å². The van der Waals surface area contributed by atoms with Gasteiger partial charge in [-0.25, -0.2) is 0 Å². The van der Waals surface area contributed by atoms with Gasteiger partial charge < -0.3 is 35.0 Å². The molecular weight excluding hydrogens is 711 g/mol. The summed E-state index contributed by atoms with van der Waals surface area (Å²) in [7, 11) is 6.80. The Hall–Kier alpha value is -3.06. The second-order valence-corrected chi connectivity index (χ2v) is 16.4. The lowest BCUT2D eigenvalue weighted by Crippen LogP contribution is -2.60. The first-order valence-corrected chi connectivity index (χ1v) is 21.0. The fraction of sp³-hybridized carbons (Fsp3) is 0.773. The van der Waals surface area contributed by atoms with Crippen LogP contribution in [0.5, 0.6) is 0 Å². The number of aliphatic hydroxyl groups excluding tert-OH is 1. The number of carbonyl (C=O) groups excluding carboxylic acids is 4. The van der Waals surface area contributed by atoms with Gasteiger partial charge >= 0.3 is 0 Å². The molecule has 0 bridgehead atoms. The molecule has 3 N–H and O–H groups in total. The Balaban J connectivity index is 0.00000771. The Morgan fingerprint density at radius 3 is 1.95 bits per heavy atom. The number of ether oxygens (including phenoxy) is 2. The third-order valence-corrected chi connectivity index (χ3v) is 11.6. The van der Waals surface area contributed by atoms with E-state index in [4.69, 9.17) is 9.47 Å². The van der Waals surface area contributed by atoms with Gasteiger partial charge in [0.25, 0.3) is 0 Å². The van der Waals surface area contributed by atoms with Crippen molar-refractivity contribution in [2.75, 3.05) is 34.9 Å². The van der Waals surface area contributed by atoms with Crippen LogP contribution < -0.4 is 10.6 Å². The average molecular weight is 790 g/mol. The Kier molecular flexibility index (Phi) is 22.4. The quantitative estimate of drug-likeness (QED) is 0.145. The molecule has 56 heavy (non-hydrogen) atoms. The van der Waals surface area contributed by atoms with Crippen LogP contribution in [0.15, 0.2) is 30.3 Å². The Morgan fingerprint density at radius 2 is 1.46 bits per heavy atom. The highest BCUT2D eigenvalue weighted by atomic mass is 16.5. The predicted octanol–water partition coefficient (Wildman–Crippen LogP) is 5.68. The Labute approximate surface area is 339 Å². The van der Waals surface area contributed by atoms with Crippen molar-refractivity contribution < 1.29 is 33.8 Å². The first kappa shape index (κ1) is 51.0. The highest BCUT2D eigenvalue weighted by molar-refractivity contribution is 5.90. The van der Waals surface area contributed by atoms with Gasteiger partial charge in [0.2, 0.25) is 23.6 Å². The molecule has 0 radical (unpaired) electrons. The van der Waals surface area contributed by atoms with Crippen molar-refractivity contribution >= 4 is 23.6 Å². The molecule has 322 valence electrons. The number of nitrogens with one attached hydrogen (secondary N) is 2. The van der Waals surface area contributed by atoms with E-state index in [-0.39, 0.29) is 59.9 Å². The standard InChI is InChI=1S/C42H73N5O7.C2H6/c1-15-28(8)37(46(12)42(52)35(25(2)3)44-41(51)36(26(4)5)45(11)27(6)7)33(53-13)24-34(48)47-23-19-22-32(47)39(54-14)29(9)40(50)43-30(10)38(49)31-20-17-16-18-21-31;1-2/h16-18,20-21,25-30,32-33,35-39,49H,15,19,22-24H2,1-14H3,(H,43,50)(H,44,51);1-2H3/t28?,29?,30?,32?,33?,35-,36?,37?,38?,39?;/m0./s1. The summed E-state index contributed by atoms with van der Waals surface area (Å²) in [5, 5.41) is 16.9. The second kappa shape index (κ2) is 24.7. The number of hydrogen-bond acceptors (Lipinski definition) is 8. The summed E-state index contributed by atoms with van der Waals surface area (Å²) < 4.78 is 12.0. The summed E-state index contributed by atoms with van der Waals surface area (Å²) in [4.78, 5) is 61.3. The fourth-order valence-corrected chi connectivity index (χ4v) is 7.93. The van der Waals surface area contributed by atoms with Gasteiger partial charge in [-0.15, -0.1) is 0 Å². The maximum atomic E-state index is 14.3. The van der Waals surface area contributed by atoms with Crippen LogP contribution in [0.1, 0.15) is 120 Å². The molecule has 2 rings (SSSR count). The molecule has 1 aliphatic heterocycles. The van der Waals surface area contributed by atoms with Crippen molar-refractivity contribution in [3.05, 3.63) is 35.9 Å². The van der Waals surface area contributed by atoms with Crippen molar-refractivity contribution in [3.8, 4) is 0 Å². The number of hydrogen-bond donors (Lipinski definition) is 3. The van der Waals surface area contributed by atoms with Crippen molar-refractivity contribution in [1.82, 2.24) is 25.3 Å². The van der Waals surface area contributed by atoms with Gasteiger partial charge in [0.15, 0.2) is 0 Å². The van der Waals surface area contributed by atoms with E-state index in [2.05, 4.69) is 17.6 Å². The maximum Gasteiger partial charge on any atom is 0.245 e. The van der Waals surface area contributed by atoms with E-state index in [1.54, 1.807) is 44.9 Å². The van der Waals surface area contributed by atoms with Crippen LogP contribution in [0, 0.1) is 23.7 Å². The minimum Gasteiger partial charge on any atom is -0.386 e. The molecule has 12 heteroatoms. The Bertz CT molecular complexity index is 1330. The van der Waals surface area contributed by atoms with Gasteiger partial charge in [-0.1, -0.05) is 99.1 Å². The van der Waals surface area contributed by atoms with Gasteiger partial charge in [-0.2, -0.15) is 0 Å². The van der Waals surface area contributed by atoms with E-state index >= 15 is 0 Å². The van der Waals surface area contributed by atoms with Crippen molar-refractivity contribution in [3.63, 3.8) is 0 Å². The van der Waals surface area contributed by atoms with E-state index in [0.717, 1.165) is 12.8 Å². The predicted molar refractivity (Wildman–Crippen MR) is 225 cm³/mol. The number of nitrogens with zero attached hydrogens (tertiary/aromatic N) is 3. The molecule has 0 aromatic heterocycles. The third-order valence-electron chi connectivity index (χ3n) is 11.6. The van der Waals surface area contributed by atoms with Gasteiger partial charge in [-0.3, -0.25) is 24.1 Å². The molecule has 1 saturated heterocycles. The van der Waals surface area contributed by atoms with Gasteiger partial charge in [0.05, 0.1) is 54.8 Å². The number of aliphatic hydroxyl groups is 1. The molecule has 0 saturated carbocycles. The van der Waals surface area contributed by atoms with Crippen LogP contribution >= 0.6 is 0 Å². The highest BCUT2D eigenvalue weighted by Gasteiger charge is 2.43. The minimum atomic E-state index is -0.877. The van der Waals surface area contributed by atoms with Crippen LogP contribution in [0.2, 0.25) is 0 Å². The number of amides is 4. The fourth-order valence-electron chi connectivity index (χ4n) is 7.93. The summed E-state index contributed by atoms with van der Waals surface area (Å²) in [6.45, 7) is 24.1. The lowest BCUT2D eigenvalue weighted by atomic mass is 9.89. The van der Waals surface area contributed by atoms with Crippen LogP contribution in [0.3, 0.4) is 0 Å². The lowest BCUT2D eigenvalue weighted by molar-refractivity contribution is -0.148. The first-order valence-electron chi connectivity index (χ1n) is 21.0. The summed E-state index contributed by atoms with van der Waals surface area (Å²) in [5.41, 5.74) is 0.711. The van der Waals surface area contributed by atoms with Crippen LogP contribution in [0.4, 0.5) is 0 Å². The third kappa shape index (κ3) is 13.5. The maximum absolute atomic E-state index is 14.3. The number of benzene rings is 1. The largest absolute Gasteiger partial charge is 0.386 e. The number of carbonyl (C=O) groups is 4. The number of methoxy groups -OCH3 is 2. The van der Waals surface area contributed by atoms with Crippen LogP contribution in [-0.4, -0.2) is 127 Å². The zero-order chi connectivity index (χ0) is 43.0. The van der Waals surface area contributed by atoms with E-state index < -0.39 is 48.4 Å². The molecule has 1 aromatic rings. The second-order valence-electron chi connectivity index (χ2n) is 16.4. The number of likely N-dealkylation sites (N-methyl/N-ethyl adjacent to an activating group) is 2. The van der Waals surface area contributed by atoms with Crippen molar-refractivity contribution in [1.29, 1.82) is 0 Å². The highest BCUT2D eigenvalue weighted by Crippen LogP contribution is 2.30. The average Bonchev–Trinajstić information content (AvgIpc) is 3.66. The molecule has 0 spiro atoms. The van der Waals surface area contributed by atoms with Gasteiger partial charge in [0, 0.05) is 33.9 Å². The molecule has 1 fully saturated rings. The van der Waals surface area contributed by atoms with E-state index in [0.29, 0.717) is 18.5 Å². The van der Waals surface area contributed by atoms with E-state index in [1.807, 2.05) is 105 Å². The monoisotopic (exact) mass is 790 g/mol. The number of rotatable bonds is 21. The molecule has 1 heterocycles. The summed E-state index contributed by atoms with van der Waals surface area (Å²) in [6.07, 6.45) is 0.136. The SMILES string of the molecule is CC.CCC(C)C(C(CC(=O)N1CCCC1C(OC)C(C)C(=O)NC(C)C(O)c1ccccc1)OC)N(C)C(=O)[C@@H](NC(=O)C(C(C)C)N(C)C(C)C)C(C)C. The molecule has 12 nitrogen and oxygen atoms in total. The molecule has 4 amide bonds. The van der Waals surface area contributed by atoms with Crippen molar-refractivity contribution in [2.45, 2.75) is 163 Å². The van der Waals surface area contributed by atoms with Gasteiger partial charge in [0.1, 0.15) is 6.04 Å². The summed E-state index contributed by atoms with van der Waals surface area (Å²) in [5.74, 6) is -1.57. The first-order chi connectivity index (χ1) is 26.3. The summed E-state index contributed by atoms with van der Waals surface area (Å²) >= 11 is 0. The normalized spacial score (nSPS) is 19.3. The molecular formula is C44H79N5O7. The van der Waals surface area contributed by atoms with E-state index in [9.17, 15) is 24.3 Å². The molecule has 1 aromatic carbocycles. The van der Waals surface area contributed by atoms with Crippen molar-refractivity contribution in [2.24, 2.45) is 23.7 Å². The molecule has 9 unspecified atom stereocenters. The van der Waals surface area contributed by atoms with E-state index in [1.165, 1.54) is 0 Å². The lowest BCUT2D eigenvalue weighted by Gasteiger charge is -2.41. The minimum absolute atomic E-state index is 0.0197. The molecule has 1 aliphatic rings. The number of likely N-dealkylation sites (tertiary alicyclic amines) is 1. The molecule has 0 aliphatic carbocycles. The topological polar surface area (TPSA) is 141 Å².